The fourth-order valence-electron chi connectivity index (χ4n) is 5.00. The van der Waals surface area contributed by atoms with E-state index in [1.165, 1.54) is 12.5 Å². The second-order valence-corrected chi connectivity index (χ2v) is 7.26. The Kier molecular flexibility index (Phi) is 2.49. The van der Waals surface area contributed by atoms with E-state index in [1.807, 2.05) is 0 Å². The lowest BCUT2D eigenvalue weighted by molar-refractivity contribution is 0.0675. The number of aromatic hydroxyl groups is 1. The third-order valence-corrected chi connectivity index (χ3v) is 5.91. The predicted molar refractivity (Wildman–Crippen MR) is 84.1 cm³/mol. The maximum atomic E-state index is 9.95. The molecule has 0 unspecified atom stereocenters. The third kappa shape index (κ3) is 2.15. The molecular weight excluding hydrogens is 284 g/mol. The number of ether oxygens (including phenoxy) is 1. The summed E-state index contributed by atoms with van der Waals surface area (Å²) in [6.07, 6.45) is 5.87. The van der Waals surface area contributed by atoms with Crippen LogP contribution in [0.2, 0.25) is 5.02 Å². The van der Waals surface area contributed by atoms with E-state index in [0.717, 1.165) is 43.1 Å². The lowest BCUT2D eigenvalue weighted by Crippen LogP contribution is -2.40. The van der Waals surface area contributed by atoms with Crippen LogP contribution in [0.5, 0.6) is 5.75 Å². The van der Waals surface area contributed by atoms with Gasteiger partial charge in [-0.1, -0.05) is 11.6 Å². The highest BCUT2D eigenvalue weighted by Crippen LogP contribution is 2.58. The summed E-state index contributed by atoms with van der Waals surface area (Å²) in [5.41, 5.74) is 1.76. The molecule has 0 heterocycles. The van der Waals surface area contributed by atoms with Crippen molar-refractivity contribution in [2.75, 3.05) is 7.04 Å². The van der Waals surface area contributed by atoms with Crippen molar-refractivity contribution in [1.82, 2.24) is 0 Å². The first-order valence-corrected chi connectivity index (χ1v) is 8.10. The normalized spacial score (nSPS) is 36.0. The molecular formula is C18H21ClO2. The molecule has 1 aromatic rings. The number of phenols is 1. The van der Waals surface area contributed by atoms with Gasteiger partial charge in [0.05, 0.1) is 16.2 Å². The van der Waals surface area contributed by atoms with E-state index < -0.39 is 7.04 Å². The van der Waals surface area contributed by atoms with E-state index in [0.29, 0.717) is 23.2 Å². The lowest BCUT2D eigenvalue weighted by atomic mass is 9.54. The molecule has 4 fully saturated rings. The van der Waals surface area contributed by atoms with Gasteiger partial charge in [-0.15, -0.1) is 0 Å². The van der Waals surface area contributed by atoms with E-state index in [4.69, 9.17) is 20.5 Å². The number of hydrogen-bond donors (Lipinski definition) is 1. The quantitative estimate of drug-likeness (QED) is 0.791. The van der Waals surface area contributed by atoms with Crippen LogP contribution in [0.3, 0.4) is 0 Å². The summed E-state index contributed by atoms with van der Waals surface area (Å²) in [7, 11) is -2.51. The van der Waals surface area contributed by atoms with E-state index >= 15 is 0 Å². The van der Waals surface area contributed by atoms with E-state index in [9.17, 15) is 5.11 Å². The van der Waals surface area contributed by atoms with Crippen molar-refractivity contribution in [3.8, 4) is 5.75 Å². The number of hydrogen-bond acceptors (Lipinski definition) is 2. The van der Waals surface area contributed by atoms with Gasteiger partial charge < -0.3 is 9.84 Å². The van der Waals surface area contributed by atoms with Crippen LogP contribution in [-0.4, -0.2) is 12.1 Å². The van der Waals surface area contributed by atoms with Crippen LogP contribution in [0.4, 0.5) is 0 Å². The largest absolute Gasteiger partial charge is 0.506 e. The zero-order valence-electron chi connectivity index (χ0n) is 14.8. The van der Waals surface area contributed by atoms with Crippen molar-refractivity contribution < 1.29 is 14.0 Å². The lowest BCUT2D eigenvalue weighted by Gasteiger charge is -2.51. The molecule has 0 aromatic heterocycles. The maximum absolute atomic E-state index is 9.95. The van der Waals surface area contributed by atoms with Gasteiger partial charge in [0.1, 0.15) is 11.5 Å². The number of allylic oxidation sites excluding steroid dienone is 1. The number of halogens is 1. The van der Waals surface area contributed by atoms with Gasteiger partial charge in [-0.2, -0.15) is 0 Å². The number of rotatable bonds is 2. The molecule has 0 aliphatic heterocycles. The molecule has 5 rings (SSSR count). The topological polar surface area (TPSA) is 29.5 Å². The van der Waals surface area contributed by atoms with Crippen molar-refractivity contribution in [1.29, 1.82) is 0 Å². The van der Waals surface area contributed by atoms with Crippen LogP contribution in [-0.2, 0) is 4.74 Å². The first-order valence-electron chi connectivity index (χ1n) is 9.22. The Balaban J connectivity index is 1.81. The molecule has 4 bridgehead atoms. The molecule has 1 aromatic carbocycles. The van der Waals surface area contributed by atoms with Crippen LogP contribution in [0.1, 0.15) is 41.8 Å². The molecule has 0 radical (unpaired) electrons. The van der Waals surface area contributed by atoms with Crippen molar-refractivity contribution in [2.24, 2.45) is 23.7 Å². The Bertz CT molecular complexity index is 666. The van der Waals surface area contributed by atoms with Crippen molar-refractivity contribution in [3.05, 3.63) is 34.4 Å². The zero-order valence-corrected chi connectivity index (χ0v) is 12.6. The van der Waals surface area contributed by atoms with E-state index in [-0.39, 0.29) is 10.8 Å². The number of phenolic OH excluding ortho intramolecular Hbond substituents is 1. The minimum Gasteiger partial charge on any atom is -0.506 e. The Morgan fingerprint density at radius 3 is 2.43 bits per heavy atom. The van der Waals surface area contributed by atoms with Crippen molar-refractivity contribution in [2.45, 2.75) is 32.1 Å². The molecule has 21 heavy (non-hydrogen) atoms. The molecule has 2 nitrogen and oxygen atoms in total. The van der Waals surface area contributed by atoms with Crippen LogP contribution in [0.15, 0.2) is 23.8 Å². The standard InChI is InChI=1S/C18H21ClO2/c1-21-18(12-2-3-15(19)16(20)9-12)17-13-5-10-4-11(7-13)8-14(17)6-10/h2-3,9-11,13-14,20H,4-8H2,1H3/i1D3. The molecule has 0 amide bonds. The SMILES string of the molecule is [2H]C([2H])([2H])OC(=C1C2CC3CC(C2)CC1C3)c1ccc(Cl)c(O)c1. The Morgan fingerprint density at radius 1 is 1.19 bits per heavy atom. The molecule has 4 saturated carbocycles. The minimum atomic E-state index is -2.51. The van der Waals surface area contributed by atoms with E-state index in [2.05, 4.69) is 0 Å². The first-order chi connectivity index (χ1) is 11.3. The Hall–Kier alpha value is -1.15. The van der Waals surface area contributed by atoms with Crippen molar-refractivity contribution in [3.63, 3.8) is 0 Å². The van der Waals surface area contributed by atoms with Gasteiger partial charge in [0, 0.05) is 5.56 Å². The minimum absolute atomic E-state index is 0.0507. The average Bonchev–Trinajstić information content (AvgIpc) is 2.46. The number of methoxy groups -OCH3 is 1. The molecule has 0 atom stereocenters. The maximum Gasteiger partial charge on any atom is 0.134 e. The van der Waals surface area contributed by atoms with Crippen LogP contribution in [0, 0.1) is 23.7 Å². The molecule has 0 saturated heterocycles. The third-order valence-electron chi connectivity index (χ3n) is 5.59. The van der Waals surface area contributed by atoms with Gasteiger partial charge >= 0.3 is 0 Å². The summed E-state index contributed by atoms with van der Waals surface area (Å²) < 4.78 is 28.2. The van der Waals surface area contributed by atoms with Gasteiger partial charge in [-0.25, -0.2) is 0 Å². The fourth-order valence-corrected chi connectivity index (χ4v) is 5.12. The highest BCUT2D eigenvalue weighted by Gasteiger charge is 2.46. The Morgan fingerprint density at radius 2 is 1.86 bits per heavy atom. The second kappa shape index (κ2) is 4.95. The van der Waals surface area contributed by atoms with Gasteiger partial charge in [-0.05, 0) is 79.5 Å². The summed E-state index contributed by atoms with van der Waals surface area (Å²) in [5.74, 6) is 2.78. The number of benzene rings is 1. The zero-order chi connectivity index (χ0) is 17.1. The highest BCUT2D eigenvalue weighted by atomic mass is 35.5. The van der Waals surface area contributed by atoms with Crippen LogP contribution >= 0.6 is 11.6 Å². The molecule has 3 heteroatoms. The summed E-state index contributed by atoms with van der Waals surface area (Å²) in [4.78, 5) is 0. The summed E-state index contributed by atoms with van der Waals surface area (Å²) in [6, 6.07) is 4.84. The highest BCUT2D eigenvalue weighted by molar-refractivity contribution is 6.32. The molecule has 112 valence electrons. The molecule has 4 aliphatic rings. The Labute approximate surface area is 135 Å². The molecule has 0 spiro atoms. The summed E-state index contributed by atoms with van der Waals surface area (Å²) >= 11 is 5.91. The summed E-state index contributed by atoms with van der Waals surface area (Å²) in [5, 5.41) is 10.2. The predicted octanol–water partition coefficient (Wildman–Crippen LogP) is 4.86. The van der Waals surface area contributed by atoms with Gasteiger partial charge in [0.25, 0.3) is 0 Å². The second-order valence-electron chi connectivity index (χ2n) is 6.86. The summed E-state index contributed by atoms with van der Waals surface area (Å²) in [6.45, 7) is 0. The molecule has 4 aliphatic carbocycles. The van der Waals surface area contributed by atoms with E-state index in [1.54, 1.807) is 12.1 Å². The van der Waals surface area contributed by atoms with Gasteiger partial charge in [0.15, 0.2) is 0 Å². The van der Waals surface area contributed by atoms with Crippen molar-refractivity contribution >= 4 is 17.4 Å². The fraction of sp³-hybridized carbons (Fsp3) is 0.556. The van der Waals surface area contributed by atoms with Crippen LogP contribution < -0.4 is 0 Å². The molecule has 1 N–H and O–H groups in total. The van der Waals surface area contributed by atoms with Gasteiger partial charge in [0.2, 0.25) is 0 Å². The van der Waals surface area contributed by atoms with Gasteiger partial charge in [-0.3, -0.25) is 0 Å². The smallest absolute Gasteiger partial charge is 0.134 e. The monoisotopic (exact) mass is 307 g/mol. The van der Waals surface area contributed by atoms with Crippen LogP contribution in [0.25, 0.3) is 5.76 Å². The first kappa shape index (κ1) is 10.6. The average molecular weight is 308 g/mol.